The van der Waals surface area contributed by atoms with Gasteiger partial charge in [0.1, 0.15) is 0 Å². The first-order chi connectivity index (χ1) is 8.31. The number of aryl methyl sites for hydroxylation is 1. The van der Waals surface area contributed by atoms with Gasteiger partial charge in [0.05, 0.1) is 8.07 Å². The lowest BCUT2D eigenvalue weighted by Gasteiger charge is -2.25. The average Bonchev–Trinajstić information content (AvgIpc) is 2.28. The normalized spacial score (nSPS) is 11.4. The average molecular weight is 263 g/mol. The lowest BCUT2D eigenvalue weighted by molar-refractivity contribution is 0.0774. The van der Waals surface area contributed by atoms with Gasteiger partial charge in [-0.1, -0.05) is 37.3 Å². The second kappa shape index (κ2) is 5.70. The molecule has 0 atom stereocenters. The van der Waals surface area contributed by atoms with Gasteiger partial charge in [0.15, 0.2) is 0 Å². The second-order valence-corrected chi connectivity index (χ2v) is 10.8. The van der Waals surface area contributed by atoms with E-state index < -0.39 is 8.07 Å². The van der Waals surface area contributed by atoms with Gasteiger partial charge >= 0.3 is 0 Å². The van der Waals surface area contributed by atoms with Crippen molar-refractivity contribution in [2.75, 3.05) is 13.1 Å². The molecule has 0 aliphatic rings. The third-order valence-corrected chi connectivity index (χ3v) is 5.32. The molecule has 0 fully saturated rings. The van der Waals surface area contributed by atoms with Crippen molar-refractivity contribution in [2.24, 2.45) is 0 Å². The Hall–Kier alpha value is -1.09. The van der Waals surface area contributed by atoms with E-state index >= 15 is 0 Å². The van der Waals surface area contributed by atoms with Crippen LogP contribution < -0.4 is 5.19 Å². The van der Waals surface area contributed by atoms with Crippen LogP contribution in [-0.4, -0.2) is 32.0 Å². The van der Waals surface area contributed by atoms with E-state index in [1.165, 1.54) is 5.19 Å². The molecule has 0 heterocycles. The second-order valence-electron chi connectivity index (χ2n) is 5.78. The van der Waals surface area contributed by atoms with Crippen molar-refractivity contribution < 1.29 is 4.79 Å². The van der Waals surface area contributed by atoms with Crippen molar-refractivity contribution in [3.63, 3.8) is 0 Å². The topological polar surface area (TPSA) is 20.3 Å². The molecule has 0 saturated carbocycles. The molecule has 3 heteroatoms. The predicted molar refractivity (Wildman–Crippen MR) is 81.4 cm³/mol. The van der Waals surface area contributed by atoms with Gasteiger partial charge in [-0.15, -0.1) is 0 Å². The fourth-order valence-electron chi connectivity index (χ4n) is 2.17. The predicted octanol–water partition coefficient (Wildman–Crippen LogP) is 3.02. The molecule has 0 aromatic heterocycles. The number of nitrogens with zero attached hydrogens (tertiary/aromatic N) is 1. The molecule has 1 aromatic rings. The number of amides is 1. The van der Waals surface area contributed by atoms with Crippen molar-refractivity contribution in [1.29, 1.82) is 0 Å². The highest BCUT2D eigenvalue weighted by molar-refractivity contribution is 6.89. The molecule has 1 aromatic carbocycles. The van der Waals surface area contributed by atoms with Crippen LogP contribution >= 0.6 is 0 Å². The number of carbonyl (C=O) groups is 1. The fourth-order valence-corrected chi connectivity index (χ4v) is 3.74. The van der Waals surface area contributed by atoms with Crippen molar-refractivity contribution in [3.05, 3.63) is 29.3 Å². The summed E-state index contributed by atoms with van der Waals surface area (Å²) in [4.78, 5) is 14.5. The van der Waals surface area contributed by atoms with Gasteiger partial charge in [-0.25, -0.2) is 0 Å². The maximum absolute atomic E-state index is 12.6. The van der Waals surface area contributed by atoms with Crippen LogP contribution in [0.4, 0.5) is 0 Å². The van der Waals surface area contributed by atoms with Gasteiger partial charge in [-0.3, -0.25) is 4.79 Å². The van der Waals surface area contributed by atoms with Crippen LogP contribution in [0.2, 0.25) is 19.6 Å². The molecule has 100 valence electrons. The van der Waals surface area contributed by atoms with Crippen molar-refractivity contribution >= 4 is 19.2 Å². The SMILES string of the molecule is CCN(CC)C(=O)c1cc(C)ccc1[Si](C)(C)C. The van der Waals surface area contributed by atoms with Gasteiger partial charge in [-0.05, 0) is 32.0 Å². The molecule has 0 aliphatic carbocycles. The first-order valence-corrected chi connectivity index (χ1v) is 10.2. The van der Waals surface area contributed by atoms with E-state index in [9.17, 15) is 4.79 Å². The van der Waals surface area contributed by atoms with Crippen LogP contribution in [0.15, 0.2) is 18.2 Å². The highest BCUT2D eigenvalue weighted by Crippen LogP contribution is 2.12. The monoisotopic (exact) mass is 263 g/mol. The molecule has 0 unspecified atom stereocenters. The van der Waals surface area contributed by atoms with E-state index in [1.54, 1.807) is 0 Å². The minimum Gasteiger partial charge on any atom is -0.339 e. The molecular formula is C15H25NOSi. The minimum absolute atomic E-state index is 0.182. The Kier molecular flexibility index (Phi) is 4.74. The number of benzene rings is 1. The standard InChI is InChI=1S/C15H25NOSi/c1-7-16(8-2)15(17)13-11-12(3)9-10-14(13)18(4,5)6/h9-11H,7-8H2,1-6H3. The van der Waals surface area contributed by atoms with E-state index in [-0.39, 0.29) is 5.91 Å². The van der Waals surface area contributed by atoms with Crippen LogP contribution in [0.5, 0.6) is 0 Å². The molecule has 0 aliphatic heterocycles. The summed E-state index contributed by atoms with van der Waals surface area (Å²) < 4.78 is 0. The van der Waals surface area contributed by atoms with Crippen molar-refractivity contribution in [2.45, 2.75) is 40.4 Å². The molecule has 1 rings (SSSR count). The number of carbonyl (C=O) groups excluding carboxylic acids is 1. The van der Waals surface area contributed by atoms with Gasteiger partial charge in [0, 0.05) is 18.7 Å². The summed E-state index contributed by atoms with van der Waals surface area (Å²) in [6.45, 7) is 14.5. The van der Waals surface area contributed by atoms with Crippen LogP contribution in [0.25, 0.3) is 0 Å². The molecule has 1 amide bonds. The Morgan fingerprint density at radius 2 is 1.72 bits per heavy atom. The summed E-state index contributed by atoms with van der Waals surface area (Å²) in [5.41, 5.74) is 2.07. The third kappa shape index (κ3) is 3.22. The molecule has 0 bridgehead atoms. The number of hydrogen-bond donors (Lipinski definition) is 0. The molecule has 0 spiro atoms. The summed E-state index contributed by atoms with van der Waals surface area (Å²) in [5.74, 6) is 0.182. The zero-order chi connectivity index (χ0) is 13.9. The highest BCUT2D eigenvalue weighted by Gasteiger charge is 2.25. The molecular weight excluding hydrogens is 238 g/mol. The summed E-state index contributed by atoms with van der Waals surface area (Å²) >= 11 is 0. The van der Waals surface area contributed by atoms with Crippen molar-refractivity contribution in [1.82, 2.24) is 4.90 Å². The summed E-state index contributed by atoms with van der Waals surface area (Å²) in [6.07, 6.45) is 0. The first-order valence-electron chi connectivity index (χ1n) is 6.71. The van der Waals surface area contributed by atoms with E-state index in [4.69, 9.17) is 0 Å². The number of rotatable bonds is 4. The zero-order valence-corrected chi connectivity index (χ0v) is 13.5. The van der Waals surface area contributed by atoms with E-state index in [0.29, 0.717) is 0 Å². The first kappa shape index (κ1) is 15.0. The largest absolute Gasteiger partial charge is 0.339 e. The quantitative estimate of drug-likeness (QED) is 0.765. The Labute approximate surface area is 112 Å². The fraction of sp³-hybridized carbons (Fsp3) is 0.533. The Bertz CT molecular complexity index is 431. The highest BCUT2D eigenvalue weighted by atomic mass is 28.3. The van der Waals surface area contributed by atoms with Crippen LogP contribution in [-0.2, 0) is 0 Å². The van der Waals surface area contributed by atoms with Gasteiger partial charge in [-0.2, -0.15) is 0 Å². The van der Waals surface area contributed by atoms with E-state index in [0.717, 1.165) is 24.2 Å². The molecule has 18 heavy (non-hydrogen) atoms. The zero-order valence-electron chi connectivity index (χ0n) is 12.5. The molecule has 0 radical (unpaired) electrons. The minimum atomic E-state index is -1.48. The van der Waals surface area contributed by atoms with E-state index in [1.807, 2.05) is 31.7 Å². The molecule has 0 N–H and O–H groups in total. The van der Waals surface area contributed by atoms with E-state index in [2.05, 4.69) is 31.8 Å². The molecule has 2 nitrogen and oxygen atoms in total. The Balaban J connectivity index is 3.29. The van der Waals surface area contributed by atoms with Crippen LogP contribution in [0, 0.1) is 6.92 Å². The Morgan fingerprint density at radius 3 is 2.17 bits per heavy atom. The van der Waals surface area contributed by atoms with Crippen LogP contribution in [0.3, 0.4) is 0 Å². The lowest BCUT2D eigenvalue weighted by Crippen LogP contribution is -2.44. The summed E-state index contributed by atoms with van der Waals surface area (Å²) in [6, 6.07) is 6.32. The smallest absolute Gasteiger partial charge is 0.253 e. The van der Waals surface area contributed by atoms with Crippen molar-refractivity contribution in [3.8, 4) is 0 Å². The van der Waals surface area contributed by atoms with Gasteiger partial charge < -0.3 is 4.90 Å². The third-order valence-electron chi connectivity index (χ3n) is 3.26. The Morgan fingerprint density at radius 1 is 1.17 bits per heavy atom. The van der Waals surface area contributed by atoms with Crippen LogP contribution in [0.1, 0.15) is 29.8 Å². The number of hydrogen-bond acceptors (Lipinski definition) is 1. The maximum Gasteiger partial charge on any atom is 0.253 e. The van der Waals surface area contributed by atoms with Gasteiger partial charge in [0.25, 0.3) is 5.91 Å². The maximum atomic E-state index is 12.6. The summed E-state index contributed by atoms with van der Waals surface area (Å²) in [7, 11) is -1.48. The lowest BCUT2D eigenvalue weighted by atomic mass is 10.1. The molecule has 0 saturated heterocycles. The summed E-state index contributed by atoms with van der Waals surface area (Å²) in [5, 5.41) is 1.27. The van der Waals surface area contributed by atoms with Gasteiger partial charge in [0.2, 0.25) is 0 Å².